The number of furan rings is 1. The van der Waals surface area contributed by atoms with Crippen molar-refractivity contribution in [2.24, 2.45) is 0 Å². The SMILES string of the molecule is CC(NCCN1CCCC1)c1cc2cc(Br)ccc2o1. The first-order valence-corrected chi connectivity index (χ1v) is 8.16. The van der Waals surface area contributed by atoms with Crippen LogP contribution in [0.4, 0.5) is 0 Å². The van der Waals surface area contributed by atoms with Crippen molar-refractivity contribution in [1.82, 2.24) is 10.2 Å². The Morgan fingerprint density at radius 1 is 1.30 bits per heavy atom. The number of nitrogens with one attached hydrogen (secondary N) is 1. The van der Waals surface area contributed by atoms with Gasteiger partial charge in [0, 0.05) is 22.9 Å². The van der Waals surface area contributed by atoms with E-state index in [9.17, 15) is 0 Å². The molecule has 0 radical (unpaired) electrons. The molecule has 1 aromatic heterocycles. The van der Waals surface area contributed by atoms with Gasteiger partial charge in [-0.15, -0.1) is 0 Å². The van der Waals surface area contributed by atoms with Gasteiger partial charge in [0.25, 0.3) is 0 Å². The summed E-state index contributed by atoms with van der Waals surface area (Å²) in [6, 6.07) is 8.51. The van der Waals surface area contributed by atoms with Crippen LogP contribution in [-0.2, 0) is 0 Å². The third kappa shape index (κ3) is 3.25. The number of halogens is 1. The predicted octanol–water partition coefficient (Wildman–Crippen LogP) is 3.94. The molecule has 0 aliphatic carbocycles. The normalized spacial score (nSPS) is 17.9. The quantitative estimate of drug-likeness (QED) is 0.896. The van der Waals surface area contributed by atoms with Crippen LogP contribution in [0.2, 0.25) is 0 Å². The van der Waals surface area contributed by atoms with E-state index in [0.29, 0.717) is 0 Å². The van der Waals surface area contributed by atoms with Crippen LogP contribution in [0.25, 0.3) is 11.0 Å². The number of fused-ring (bicyclic) bond motifs is 1. The Balaban J connectivity index is 1.58. The molecular weight excluding hydrogens is 316 g/mol. The lowest BCUT2D eigenvalue weighted by molar-refractivity contribution is 0.324. The standard InChI is InChI=1S/C16H21BrN2O/c1-12(18-6-9-19-7-2-3-8-19)16-11-13-10-14(17)4-5-15(13)20-16/h4-5,10-12,18H,2-3,6-9H2,1H3. The summed E-state index contributed by atoms with van der Waals surface area (Å²) in [5.74, 6) is 1.01. The minimum absolute atomic E-state index is 0.253. The van der Waals surface area contributed by atoms with Gasteiger partial charge in [0.2, 0.25) is 0 Å². The second-order valence-corrected chi connectivity index (χ2v) is 6.47. The third-order valence-electron chi connectivity index (χ3n) is 4.00. The van der Waals surface area contributed by atoms with Crippen LogP contribution in [0.15, 0.2) is 33.2 Å². The van der Waals surface area contributed by atoms with E-state index in [4.69, 9.17) is 4.42 Å². The van der Waals surface area contributed by atoms with Gasteiger partial charge < -0.3 is 14.6 Å². The van der Waals surface area contributed by atoms with Gasteiger partial charge in [-0.2, -0.15) is 0 Å². The lowest BCUT2D eigenvalue weighted by atomic mass is 10.2. The maximum atomic E-state index is 5.91. The average molecular weight is 337 g/mol. The van der Waals surface area contributed by atoms with Crippen molar-refractivity contribution in [2.75, 3.05) is 26.2 Å². The molecule has 1 unspecified atom stereocenters. The van der Waals surface area contributed by atoms with Gasteiger partial charge in [-0.05, 0) is 57.1 Å². The number of hydrogen-bond acceptors (Lipinski definition) is 3. The van der Waals surface area contributed by atoms with Crippen molar-refractivity contribution in [3.05, 3.63) is 34.5 Å². The maximum Gasteiger partial charge on any atom is 0.134 e. The van der Waals surface area contributed by atoms with Crippen LogP contribution in [-0.4, -0.2) is 31.1 Å². The number of nitrogens with zero attached hydrogens (tertiary/aromatic N) is 1. The fourth-order valence-electron chi connectivity index (χ4n) is 2.79. The van der Waals surface area contributed by atoms with Crippen molar-refractivity contribution < 1.29 is 4.42 Å². The van der Waals surface area contributed by atoms with Crippen LogP contribution in [0.3, 0.4) is 0 Å². The second-order valence-electron chi connectivity index (χ2n) is 5.56. The van der Waals surface area contributed by atoms with Crippen LogP contribution in [0.1, 0.15) is 31.6 Å². The van der Waals surface area contributed by atoms with E-state index >= 15 is 0 Å². The van der Waals surface area contributed by atoms with Crippen molar-refractivity contribution in [2.45, 2.75) is 25.8 Å². The topological polar surface area (TPSA) is 28.4 Å². The smallest absolute Gasteiger partial charge is 0.134 e. The number of hydrogen-bond donors (Lipinski definition) is 1. The molecular formula is C16H21BrN2O. The Morgan fingerprint density at radius 3 is 2.90 bits per heavy atom. The molecule has 20 heavy (non-hydrogen) atoms. The Morgan fingerprint density at radius 2 is 2.10 bits per heavy atom. The molecule has 3 rings (SSSR count). The molecule has 0 bridgehead atoms. The second kappa shape index (κ2) is 6.29. The van der Waals surface area contributed by atoms with E-state index in [-0.39, 0.29) is 6.04 Å². The molecule has 2 heterocycles. The van der Waals surface area contributed by atoms with Gasteiger partial charge in [-0.1, -0.05) is 15.9 Å². The Bertz CT molecular complexity index is 575. The molecule has 1 fully saturated rings. The molecule has 0 saturated carbocycles. The highest BCUT2D eigenvalue weighted by Gasteiger charge is 2.13. The molecule has 1 atom stereocenters. The predicted molar refractivity (Wildman–Crippen MR) is 86.0 cm³/mol. The minimum Gasteiger partial charge on any atom is -0.459 e. The van der Waals surface area contributed by atoms with Gasteiger partial charge in [-0.3, -0.25) is 0 Å². The minimum atomic E-state index is 0.253. The summed E-state index contributed by atoms with van der Waals surface area (Å²) in [5, 5.41) is 4.71. The molecule has 1 aliphatic rings. The largest absolute Gasteiger partial charge is 0.459 e. The van der Waals surface area contributed by atoms with Gasteiger partial charge in [0.15, 0.2) is 0 Å². The number of benzene rings is 1. The fraction of sp³-hybridized carbons (Fsp3) is 0.500. The number of rotatable bonds is 5. The van der Waals surface area contributed by atoms with Crippen LogP contribution in [0.5, 0.6) is 0 Å². The highest BCUT2D eigenvalue weighted by molar-refractivity contribution is 9.10. The van der Waals surface area contributed by atoms with E-state index < -0.39 is 0 Å². The third-order valence-corrected chi connectivity index (χ3v) is 4.49. The molecule has 0 amide bonds. The zero-order chi connectivity index (χ0) is 13.9. The lowest BCUT2D eigenvalue weighted by Gasteiger charge is -2.17. The summed E-state index contributed by atoms with van der Waals surface area (Å²) in [6.07, 6.45) is 2.71. The summed E-state index contributed by atoms with van der Waals surface area (Å²) in [4.78, 5) is 2.52. The van der Waals surface area contributed by atoms with E-state index in [1.165, 1.54) is 25.9 Å². The maximum absolute atomic E-state index is 5.91. The highest BCUT2D eigenvalue weighted by atomic mass is 79.9. The molecule has 1 saturated heterocycles. The van der Waals surface area contributed by atoms with Gasteiger partial charge in [-0.25, -0.2) is 0 Å². The molecule has 108 valence electrons. The fourth-order valence-corrected chi connectivity index (χ4v) is 3.17. The summed E-state index contributed by atoms with van der Waals surface area (Å²) in [6.45, 7) is 6.83. The number of likely N-dealkylation sites (tertiary alicyclic amines) is 1. The zero-order valence-electron chi connectivity index (χ0n) is 11.9. The lowest BCUT2D eigenvalue weighted by Crippen LogP contribution is -2.31. The highest BCUT2D eigenvalue weighted by Crippen LogP contribution is 2.26. The van der Waals surface area contributed by atoms with Gasteiger partial charge >= 0.3 is 0 Å². The molecule has 1 aromatic carbocycles. The van der Waals surface area contributed by atoms with Crippen molar-refractivity contribution in [3.8, 4) is 0 Å². The Kier molecular flexibility index (Phi) is 4.44. The van der Waals surface area contributed by atoms with E-state index in [1.54, 1.807) is 0 Å². The monoisotopic (exact) mass is 336 g/mol. The molecule has 3 nitrogen and oxygen atoms in total. The average Bonchev–Trinajstić information content (AvgIpc) is 3.06. The first kappa shape index (κ1) is 14.1. The summed E-state index contributed by atoms with van der Waals surface area (Å²) < 4.78 is 7.00. The van der Waals surface area contributed by atoms with Crippen molar-refractivity contribution in [3.63, 3.8) is 0 Å². The van der Waals surface area contributed by atoms with E-state index in [1.807, 2.05) is 12.1 Å². The van der Waals surface area contributed by atoms with E-state index in [0.717, 1.165) is 34.3 Å². The molecule has 4 heteroatoms. The van der Waals surface area contributed by atoms with Crippen LogP contribution in [0, 0.1) is 0 Å². The Labute approximate surface area is 128 Å². The van der Waals surface area contributed by atoms with Crippen LogP contribution < -0.4 is 5.32 Å². The Hall–Kier alpha value is -0.840. The van der Waals surface area contributed by atoms with Crippen molar-refractivity contribution in [1.29, 1.82) is 0 Å². The van der Waals surface area contributed by atoms with E-state index in [2.05, 4.69) is 45.2 Å². The molecule has 0 spiro atoms. The van der Waals surface area contributed by atoms with Gasteiger partial charge in [0.05, 0.1) is 6.04 Å². The van der Waals surface area contributed by atoms with Crippen LogP contribution >= 0.6 is 15.9 Å². The summed E-state index contributed by atoms with van der Waals surface area (Å²) in [5.41, 5.74) is 0.955. The summed E-state index contributed by atoms with van der Waals surface area (Å²) >= 11 is 3.50. The first-order valence-electron chi connectivity index (χ1n) is 7.37. The van der Waals surface area contributed by atoms with Crippen molar-refractivity contribution >= 4 is 26.9 Å². The zero-order valence-corrected chi connectivity index (χ0v) is 13.4. The molecule has 2 aromatic rings. The van der Waals surface area contributed by atoms with Gasteiger partial charge in [0.1, 0.15) is 11.3 Å². The molecule has 1 N–H and O–H groups in total. The first-order chi connectivity index (χ1) is 9.72. The molecule has 1 aliphatic heterocycles. The summed E-state index contributed by atoms with van der Waals surface area (Å²) in [7, 11) is 0.